The Bertz CT molecular complexity index is 486. The van der Waals surface area contributed by atoms with Crippen molar-refractivity contribution < 1.29 is 9.31 Å². The first kappa shape index (κ1) is 16.5. The van der Waals surface area contributed by atoms with Crippen molar-refractivity contribution in [3.05, 3.63) is 0 Å². The Kier molecular flexibility index (Phi) is 3.14. The Labute approximate surface area is 143 Å². The van der Waals surface area contributed by atoms with Gasteiger partial charge in [0, 0.05) is 5.31 Å². The summed E-state index contributed by atoms with van der Waals surface area (Å²) < 4.78 is 12.8. The highest BCUT2D eigenvalue weighted by Crippen LogP contribution is 2.86. The maximum Gasteiger partial charge on any atom is 0.464 e. The summed E-state index contributed by atoms with van der Waals surface area (Å²) in [5.41, 5.74) is 0.696. The van der Waals surface area contributed by atoms with Crippen molar-refractivity contribution in [2.45, 2.75) is 104 Å². The van der Waals surface area contributed by atoms with Crippen molar-refractivity contribution in [1.29, 1.82) is 0 Å². The third kappa shape index (κ3) is 1.96. The van der Waals surface area contributed by atoms with Crippen molar-refractivity contribution in [2.24, 2.45) is 22.7 Å². The average Bonchev–Trinajstić information content (AvgIpc) is 2.78. The van der Waals surface area contributed by atoms with E-state index in [9.17, 15) is 0 Å². The maximum atomic E-state index is 6.39. The molecule has 5 aliphatic rings. The van der Waals surface area contributed by atoms with Gasteiger partial charge in [-0.05, 0) is 82.5 Å². The molecule has 23 heavy (non-hydrogen) atoms. The molecule has 1 saturated heterocycles. The fourth-order valence-corrected chi connectivity index (χ4v) is 6.19. The molecule has 2 atom stereocenters. The van der Waals surface area contributed by atoms with E-state index in [4.69, 9.17) is 9.31 Å². The van der Waals surface area contributed by atoms with Crippen LogP contribution in [0.25, 0.3) is 0 Å². The van der Waals surface area contributed by atoms with Gasteiger partial charge in [-0.25, -0.2) is 0 Å². The van der Waals surface area contributed by atoms with Gasteiger partial charge in [0.05, 0.1) is 11.2 Å². The molecular formula is C20H35BO2. The molecule has 0 aromatic heterocycles. The number of hydrogen-bond donors (Lipinski definition) is 0. The van der Waals surface area contributed by atoms with E-state index in [1.54, 1.807) is 0 Å². The van der Waals surface area contributed by atoms with Gasteiger partial charge in [0.25, 0.3) is 0 Å². The summed E-state index contributed by atoms with van der Waals surface area (Å²) in [5.74, 6) is 1.86. The largest absolute Gasteiger partial charge is 0.464 e. The molecular weight excluding hydrogens is 283 g/mol. The minimum Gasteiger partial charge on any atom is -0.403 e. The lowest BCUT2D eigenvalue weighted by atomic mass is 9.19. The highest BCUT2D eigenvalue weighted by molar-refractivity contribution is 6.51. The Morgan fingerprint density at radius 2 is 1.43 bits per heavy atom. The monoisotopic (exact) mass is 318 g/mol. The molecule has 0 aromatic carbocycles. The zero-order valence-electron chi connectivity index (χ0n) is 16.3. The van der Waals surface area contributed by atoms with Gasteiger partial charge < -0.3 is 9.31 Å². The van der Waals surface area contributed by atoms with E-state index in [0.29, 0.717) is 16.1 Å². The van der Waals surface area contributed by atoms with Crippen LogP contribution in [-0.2, 0) is 9.31 Å². The molecule has 0 aromatic rings. The fraction of sp³-hybridized carbons (Fsp3) is 1.00. The third-order valence-electron chi connectivity index (χ3n) is 8.91. The van der Waals surface area contributed by atoms with Gasteiger partial charge in [-0.2, -0.15) is 0 Å². The summed E-state index contributed by atoms with van der Waals surface area (Å²) in [5, 5.41) is 0.326. The normalized spacial score (nSPS) is 47.3. The lowest BCUT2D eigenvalue weighted by molar-refractivity contribution is -0.206. The van der Waals surface area contributed by atoms with Crippen LogP contribution in [0, 0.1) is 22.7 Å². The third-order valence-corrected chi connectivity index (χ3v) is 8.91. The quantitative estimate of drug-likeness (QED) is 0.643. The summed E-state index contributed by atoms with van der Waals surface area (Å²) in [7, 11) is 0.0210. The molecule has 4 aliphatic carbocycles. The number of hydrogen-bond acceptors (Lipinski definition) is 2. The fourth-order valence-electron chi connectivity index (χ4n) is 6.19. The zero-order chi connectivity index (χ0) is 16.9. The standard InChI is InChI=1S/C20H35BO2/c1-14-8-9-15(10-14)16(2,3)19-11-20(12-19,13-19)21-22-17(4,5)18(6,7)23-21/h14-15H,8-13H2,1-7H3. The molecule has 3 heteroatoms. The molecule has 0 amide bonds. The Balaban J connectivity index is 1.45. The molecule has 130 valence electrons. The van der Waals surface area contributed by atoms with Gasteiger partial charge >= 0.3 is 7.12 Å². The molecule has 5 rings (SSSR count). The maximum absolute atomic E-state index is 6.39. The number of rotatable bonds is 3. The highest BCUT2D eigenvalue weighted by atomic mass is 16.7. The van der Waals surface area contributed by atoms with E-state index >= 15 is 0 Å². The smallest absolute Gasteiger partial charge is 0.403 e. The van der Waals surface area contributed by atoms with Crippen molar-refractivity contribution in [3.63, 3.8) is 0 Å². The first-order chi connectivity index (χ1) is 10.4. The minimum atomic E-state index is -0.184. The molecule has 2 unspecified atom stereocenters. The zero-order valence-corrected chi connectivity index (χ0v) is 16.3. The van der Waals surface area contributed by atoms with Crippen LogP contribution in [0.4, 0.5) is 0 Å². The van der Waals surface area contributed by atoms with E-state index in [2.05, 4.69) is 48.5 Å². The SMILES string of the molecule is CC1CCC(C(C)(C)C23CC(B4OC(C)(C)C(C)(C)O4)(C2)C3)C1. The van der Waals surface area contributed by atoms with Crippen LogP contribution >= 0.6 is 0 Å². The highest BCUT2D eigenvalue weighted by Gasteiger charge is 2.80. The van der Waals surface area contributed by atoms with E-state index in [1.165, 1.54) is 38.5 Å². The molecule has 1 heterocycles. The Morgan fingerprint density at radius 3 is 1.87 bits per heavy atom. The van der Waals surface area contributed by atoms with E-state index < -0.39 is 0 Å². The molecule has 2 nitrogen and oxygen atoms in total. The first-order valence-corrected chi connectivity index (χ1v) is 9.79. The predicted molar refractivity (Wildman–Crippen MR) is 95.3 cm³/mol. The van der Waals surface area contributed by atoms with Crippen LogP contribution in [0.15, 0.2) is 0 Å². The van der Waals surface area contributed by atoms with Crippen molar-refractivity contribution in [1.82, 2.24) is 0 Å². The van der Waals surface area contributed by atoms with Gasteiger partial charge in [0.2, 0.25) is 0 Å². The van der Waals surface area contributed by atoms with Crippen LogP contribution in [0.1, 0.15) is 87.0 Å². The topological polar surface area (TPSA) is 18.5 Å². The summed E-state index contributed by atoms with van der Waals surface area (Å²) in [6.07, 6.45) is 8.31. The molecule has 0 radical (unpaired) electrons. The lowest BCUT2D eigenvalue weighted by Gasteiger charge is -2.77. The molecule has 2 bridgehead atoms. The molecule has 0 spiro atoms. The molecule has 5 fully saturated rings. The second kappa shape index (κ2) is 4.39. The first-order valence-electron chi connectivity index (χ1n) is 9.79. The summed E-state index contributed by atoms with van der Waals surface area (Å²) >= 11 is 0. The van der Waals surface area contributed by atoms with E-state index in [1.807, 2.05) is 0 Å². The van der Waals surface area contributed by atoms with Gasteiger partial charge in [-0.3, -0.25) is 0 Å². The summed E-state index contributed by atoms with van der Waals surface area (Å²) in [6.45, 7) is 16.3. The second-order valence-electron chi connectivity index (χ2n) is 11.1. The van der Waals surface area contributed by atoms with Gasteiger partial charge in [-0.15, -0.1) is 0 Å². The van der Waals surface area contributed by atoms with Crippen LogP contribution in [0.2, 0.25) is 5.31 Å². The van der Waals surface area contributed by atoms with Crippen molar-refractivity contribution >= 4 is 7.12 Å². The van der Waals surface area contributed by atoms with Crippen molar-refractivity contribution in [3.8, 4) is 0 Å². The average molecular weight is 318 g/mol. The van der Waals surface area contributed by atoms with Crippen LogP contribution in [-0.4, -0.2) is 18.3 Å². The molecule has 4 saturated carbocycles. The minimum absolute atomic E-state index is 0.0210. The molecule has 0 N–H and O–H groups in total. The van der Waals surface area contributed by atoms with Crippen LogP contribution in [0.3, 0.4) is 0 Å². The van der Waals surface area contributed by atoms with Crippen molar-refractivity contribution in [2.75, 3.05) is 0 Å². The summed E-state index contributed by atoms with van der Waals surface area (Å²) in [4.78, 5) is 0. The van der Waals surface area contributed by atoms with Crippen LogP contribution < -0.4 is 0 Å². The van der Waals surface area contributed by atoms with E-state index in [-0.39, 0.29) is 18.3 Å². The van der Waals surface area contributed by atoms with Crippen LogP contribution in [0.5, 0.6) is 0 Å². The Morgan fingerprint density at radius 1 is 0.913 bits per heavy atom. The predicted octanol–water partition coefficient (Wildman–Crippen LogP) is 5.47. The van der Waals surface area contributed by atoms with Gasteiger partial charge in [-0.1, -0.05) is 27.2 Å². The summed E-state index contributed by atoms with van der Waals surface area (Å²) in [6, 6.07) is 0. The van der Waals surface area contributed by atoms with Gasteiger partial charge in [0.1, 0.15) is 0 Å². The van der Waals surface area contributed by atoms with Gasteiger partial charge in [0.15, 0.2) is 0 Å². The lowest BCUT2D eigenvalue weighted by Crippen LogP contribution is -2.70. The Hall–Kier alpha value is -0.0151. The molecule has 1 aliphatic heterocycles. The second-order valence-corrected chi connectivity index (χ2v) is 11.1. The van der Waals surface area contributed by atoms with E-state index in [0.717, 1.165) is 11.8 Å².